The van der Waals surface area contributed by atoms with E-state index in [1.165, 1.54) is 11.0 Å². The van der Waals surface area contributed by atoms with Crippen LogP contribution >= 0.6 is 0 Å². The molecule has 0 unspecified atom stereocenters. The Morgan fingerprint density at radius 3 is 2.12 bits per heavy atom. The lowest BCUT2D eigenvalue weighted by molar-refractivity contribution is -0.114. The minimum Gasteiger partial charge on any atom is -0.345 e. The fourth-order valence-electron chi connectivity index (χ4n) is 3.10. The molecule has 0 fully saturated rings. The molecule has 3 aromatic rings. The molecule has 0 aliphatic carbocycles. The summed E-state index contributed by atoms with van der Waals surface area (Å²) in [5.74, 6) is -0.654. The molecular weight excluding hydrogens is 426 g/mol. The van der Waals surface area contributed by atoms with Crippen molar-refractivity contribution in [2.24, 2.45) is 0 Å². The predicted octanol–water partition coefficient (Wildman–Crippen LogP) is 3.53. The highest BCUT2D eigenvalue weighted by Crippen LogP contribution is 2.24. The standard InChI is InChI=1S/C24H25N3O4S/c1-18-8-7-11-22(16-18)32(30,31)27(21-9-5-4-6-10-21)17-23(28)25-20-14-12-19(13-15-20)24(29)26(2)3/h4-16H,17H2,1-3H3,(H,25,28). The van der Waals surface area contributed by atoms with Crippen molar-refractivity contribution in [2.75, 3.05) is 30.3 Å². The molecule has 7 nitrogen and oxygen atoms in total. The number of sulfonamides is 1. The molecular formula is C24H25N3O4S. The van der Waals surface area contributed by atoms with E-state index in [-0.39, 0.29) is 10.8 Å². The molecule has 3 rings (SSSR count). The number of hydrogen-bond acceptors (Lipinski definition) is 4. The van der Waals surface area contributed by atoms with Crippen molar-refractivity contribution < 1.29 is 18.0 Å². The highest BCUT2D eigenvalue weighted by atomic mass is 32.2. The van der Waals surface area contributed by atoms with E-state index < -0.39 is 22.5 Å². The van der Waals surface area contributed by atoms with Crippen LogP contribution in [0, 0.1) is 6.92 Å². The van der Waals surface area contributed by atoms with E-state index in [2.05, 4.69) is 5.32 Å². The van der Waals surface area contributed by atoms with Gasteiger partial charge in [0.15, 0.2) is 0 Å². The lowest BCUT2D eigenvalue weighted by atomic mass is 10.2. The average molecular weight is 452 g/mol. The van der Waals surface area contributed by atoms with E-state index in [1.807, 2.05) is 13.0 Å². The maximum absolute atomic E-state index is 13.4. The number of carbonyl (C=O) groups excluding carboxylic acids is 2. The van der Waals surface area contributed by atoms with Gasteiger partial charge in [-0.25, -0.2) is 8.42 Å². The van der Waals surface area contributed by atoms with Gasteiger partial charge in [-0.2, -0.15) is 0 Å². The van der Waals surface area contributed by atoms with Gasteiger partial charge in [0.1, 0.15) is 6.54 Å². The Labute approximate surface area is 188 Å². The number of aryl methyl sites for hydroxylation is 1. The van der Waals surface area contributed by atoms with Gasteiger partial charge >= 0.3 is 0 Å². The first-order chi connectivity index (χ1) is 15.2. The molecule has 0 spiro atoms. The summed E-state index contributed by atoms with van der Waals surface area (Å²) in [6.07, 6.45) is 0. The molecule has 0 aliphatic heterocycles. The number of para-hydroxylation sites is 1. The Balaban J connectivity index is 1.84. The molecule has 2 amide bonds. The van der Waals surface area contributed by atoms with Crippen LogP contribution in [0.15, 0.2) is 83.8 Å². The molecule has 32 heavy (non-hydrogen) atoms. The molecule has 8 heteroatoms. The zero-order valence-corrected chi connectivity index (χ0v) is 19.0. The van der Waals surface area contributed by atoms with Crippen LogP contribution in [0.2, 0.25) is 0 Å². The molecule has 0 atom stereocenters. The predicted molar refractivity (Wildman–Crippen MR) is 125 cm³/mol. The van der Waals surface area contributed by atoms with Crippen LogP contribution in [0.1, 0.15) is 15.9 Å². The third kappa shape index (κ3) is 5.33. The topological polar surface area (TPSA) is 86.8 Å². The largest absolute Gasteiger partial charge is 0.345 e. The van der Waals surface area contributed by atoms with Crippen LogP contribution in [-0.2, 0) is 14.8 Å². The number of benzene rings is 3. The fourth-order valence-corrected chi connectivity index (χ4v) is 4.62. The maximum atomic E-state index is 13.4. The van der Waals surface area contributed by atoms with E-state index in [0.717, 1.165) is 9.87 Å². The monoisotopic (exact) mass is 451 g/mol. The van der Waals surface area contributed by atoms with Crippen molar-refractivity contribution in [3.63, 3.8) is 0 Å². The molecule has 0 aromatic heterocycles. The van der Waals surface area contributed by atoms with Crippen molar-refractivity contribution in [2.45, 2.75) is 11.8 Å². The second-order valence-corrected chi connectivity index (χ2v) is 9.35. The number of nitrogens with zero attached hydrogens (tertiary/aromatic N) is 2. The van der Waals surface area contributed by atoms with Gasteiger partial charge in [-0.1, -0.05) is 30.3 Å². The molecule has 0 radical (unpaired) electrons. The number of anilines is 2. The molecule has 0 saturated heterocycles. The summed E-state index contributed by atoms with van der Waals surface area (Å²) in [4.78, 5) is 26.4. The third-order valence-electron chi connectivity index (χ3n) is 4.73. The van der Waals surface area contributed by atoms with E-state index in [0.29, 0.717) is 16.9 Å². The minimum absolute atomic E-state index is 0.112. The van der Waals surface area contributed by atoms with E-state index in [9.17, 15) is 18.0 Å². The van der Waals surface area contributed by atoms with Gasteiger partial charge in [0.25, 0.3) is 15.9 Å². The fraction of sp³-hybridized carbons (Fsp3) is 0.167. The van der Waals surface area contributed by atoms with Crippen molar-refractivity contribution in [3.05, 3.63) is 90.0 Å². The van der Waals surface area contributed by atoms with Crippen molar-refractivity contribution in [3.8, 4) is 0 Å². The Kier molecular flexibility index (Phi) is 6.95. The molecule has 0 heterocycles. The van der Waals surface area contributed by atoms with E-state index in [1.54, 1.807) is 80.8 Å². The second-order valence-electron chi connectivity index (χ2n) is 7.49. The summed E-state index contributed by atoms with van der Waals surface area (Å²) in [7, 11) is -0.654. The second kappa shape index (κ2) is 9.65. The van der Waals surface area contributed by atoms with Gasteiger partial charge in [-0.3, -0.25) is 13.9 Å². The van der Waals surface area contributed by atoms with E-state index >= 15 is 0 Å². The van der Waals surface area contributed by atoms with Crippen molar-refractivity contribution in [1.29, 1.82) is 0 Å². The molecule has 0 saturated carbocycles. The van der Waals surface area contributed by atoms with Crippen molar-refractivity contribution >= 4 is 33.2 Å². The molecule has 3 aromatic carbocycles. The number of nitrogens with one attached hydrogen (secondary N) is 1. The number of rotatable bonds is 7. The SMILES string of the molecule is Cc1cccc(S(=O)(=O)N(CC(=O)Nc2ccc(C(=O)N(C)C)cc2)c2ccccc2)c1. The van der Waals surface area contributed by atoms with Crippen LogP contribution in [0.25, 0.3) is 0 Å². The van der Waals surface area contributed by atoms with Gasteiger partial charge in [0.2, 0.25) is 5.91 Å². The lowest BCUT2D eigenvalue weighted by Crippen LogP contribution is -2.38. The van der Waals surface area contributed by atoms with E-state index in [4.69, 9.17) is 0 Å². The smallest absolute Gasteiger partial charge is 0.264 e. The third-order valence-corrected chi connectivity index (χ3v) is 6.50. The molecule has 0 bridgehead atoms. The summed E-state index contributed by atoms with van der Waals surface area (Å²) >= 11 is 0. The average Bonchev–Trinajstić information content (AvgIpc) is 2.78. The quantitative estimate of drug-likeness (QED) is 0.595. The highest BCUT2D eigenvalue weighted by Gasteiger charge is 2.27. The number of amides is 2. The molecule has 166 valence electrons. The van der Waals surface area contributed by atoms with Crippen LogP contribution < -0.4 is 9.62 Å². The first-order valence-corrected chi connectivity index (χ1v) is 11.4. The summed E-state index contributed by atoms with van der Waals surface area (Å²) in [6, 6.07) is 21.5. The summed E-state index contributed by atoms with van der Waals surface area (Å²) in [6.45, 7) is 1.40. The minimum atomic E-state index is -3.97. The van der Waals surface area contributed by atoms with Crippen LogP contribution in [-0.4, -0.2) is 45.8 Å². The Bertz CT molecular complexity index is 1210. The van der Waals surface area contributed by atoms with Gasteiger partial charge in [0, 0.05) is 25.3 Å². The highest BCUT2D eigenvalue weighted by molar-refractivity contribution is 7.92. The normalized spacial score (nSPS) is 11.0. The summed E-state index contributed by atoms with van der Waals surface area (Å²) in [5.41, 5.74) is 2.14. The van der Waals surface area contributed by atoms with Crippen molar-refractivity contribution in [1.82, 2.24) is 4.90 Å². The summed E-state index contributed by atoms with van der Waals surface area (Å²) in [5, 5.41) is 2.70. The maximum Gasteiger partial charge on any atom is 0.264 e. The Morgan fingerprint density at radius 1 is 0.875 bits per heavy atom. The van der Waals surface area contributed by atoms with Gasteiger partial charge < -0.3 is 10.2 Å². The zero-order valence-electron chi connectivity index (χ0n) is 18.1. The molecule has 0 aliphatic rings. The Hall–Kier alpha value is -3.65. The number of hydrogen-bond donors (Lipinski definition) is 1. The first kappa shape index (κ1) is 23.0. The first-order valence-electron chi connectivity index (χ1n) is 9.94. The van der Waals surface area contributed by atoms with Crippen LogP contribution in [0.4, 0.5) is 11.4 Å². The van der Waals surface area contributed by atoms with Gasteiger partial charge in [-0.05, 0) is 61.0 Å². The number of carbonyl (C=O) groups is 2. The molecule has 1 N–H and O–H groups in total. The van der Waals surface area contributed by atoms with Crippen LogP contribution in [0.5, 0.6) is 0 Å². The van der Waals surface area contributed by atoms with Crippen LogP contribution in [0.3, 0.4) is 0 Å². The lowest BCUT2D eigenvalue weighted by Gasteiger charge is -2.24. The van der Waals surface area contributed by atoms with Gasteiger partial charge in [0.05, 0.1) is 10.6 Å². The summed E-state index contributed by atoms with van der Waals surface area (Å²) < 4.78 is 27.8. The Morgan fingerprint density at radius 2 is 1.53 bits per heavy atom. The zero-order chi connectivity index (χ0) is 23.3. The van der Waals surface area contributed by atoms with Gasteiger partial charge in [-0.15, -0.1) is 0 Å².